The topological polar surface area (TPSA) is 9.23 Å². The first-order valence-electron chi connectivity index (χ1n) is 6.38. The van der Waals surface area contributed by atoms with Crippen molar-refractivity contribution in [2.24, 2.45) is 0 Å². The Hall–Kier alpha value is -1.58. The van der Waals surface area contributed by atoms with Crippen LogP contribution in [0.5, 0.6) is 11.5 Å². The minimum absolute atomic E-state index is 0.180. The average Bonchev–Trinajstić information content (AvgIpc) is 2.52. The van der Waals surface area contributed by atoms with Crippen molar-refractivity contribution < 1.29 is 9.13 Å². The van der Waals surface area contributed by atoms with Gasteiger partial charge >= 0.3 is 0 Å². The molecule has 0 radical (unpaired) electrons. The van der Waals surface area contributed by atoms with Crippen molar-refractivity contribution in [2.45, 2.75) is 5.88 Å². The molecule has 0 saturated heterocycles. The lowest BCUT2D eigenvalue weighted by Crippen LogP contribution is -1.91. The Morgan fingerprint density at radius 3 is 2.52 bits per heavy atom. The van der Waals surface area contributed by atoms with Gasteiger partial charge in [-0.15, -0.1) is 11.6 Å². The van der Waals surface area contributed by atoms with Crippen LogP contribution in [0, 0.1) is 5.82 Å². The van der Waals surface area contributed by atoms with Gasteiger partial charge in [0.15, 0.2) is 11.6 Å². The van der Waals surface area contributed by atoms with Crippen LogP contribution in [0.15, 0.2) is 59.1 Å². The molecule has 0 saturated carbocycles. The Morgan fingerprint density at radius 1 is 1.00 bits per heavy atom. The molecular formula is C17H11BrClFO. The lowest BCUT2D eigenvalue weighted by Gasteiger charge is -2.11. The van der Waals surface area contributed by atoms with E-state index in [-0.39, 0.29) is 11.6 Å². The number of benzene rings is 3. The van der Waals surface area contributed by atoms with E-state index in [9.17, 15) is 4.39 Å². The van der Waals surface area contributed by atoms with Gasteiger partial charge in [0.05, 0.1) is 4.47 Å². The first-order valence-corrected chi connectivity index (χ1v) is 7.71. The molecule has 0 atom stereocenters. The second kappa shape index (κ2) is 6.04. The number of hydrogen-bond acceptors (Lipinski definition) is 1. The Labute approximate surface area is 135 Å². The summed E-state index contributed by atoms with van der Waals surface area (Å²) < 4.78 is 20.5. The highest BCUT2D eigenvalue weighted by atomic mass is 79.9. The Morgan fingerprint density at radius 2 is 1.76 bits per heavy atom. The Kier molecular flexibility index (Phi) is 4.13. The number of ether oxygens (including phenoxy) is 1. The third kappa shape index (κ3) is 2.89. The third-order valence-corrected chi connectivity index (χ3v) is 4.32. The standard InChI is InChI=1S/C17H11BrClFO/c18-17-13-4-2-1-3-12(13)6-8-16(17)21-15-7-5-11(10-19)9-14(15)20/h1-9H,10H2. The molecule has 0 heterocycles. The molecule has 0 amide bonds. The van der Waals surface area contributed by atoms with E-state index < -0.39 is 5.82 Å². The maximum atomic E-state index is 14.0. The summed E-state index contributed by atoms with van der Waals surface area (Å²) in [6, 6.07) is 16.4. The van der Waals surface area contributed by atoms with Crippen LogP contribution in [0.1, 0.15) is 5.56 Å². The number of hydrogen-bond donors (Lipinski definition) is 0. The number of halogens is 3. The zero-order valence-electron chi connectivity index (χ0n) is 10.9. The molecule has 3 aromatic rings. The fraction of sp³-hybridized carbons (Fsp3) is 0.0588. The molecule has 0 bridgehead atoms. The monoisotopic (exact) mass is 364 g/mol. The van der Waals surface area contributed by atoms with Crippen LogP contribution >= 0.6 is 27.5 Å². The molecular weight excluding hydrogens is 355 g/mol. The zero-order chi connectivity index (χ0) is 14.8. The maximum Gasteiger partial charge on any atom is 0.166 e. The summed E-state index contributed by atoms with van der Waals surface area (Å²) >= 11 is 9.21. The second-order valence-corrected chi connectivity index (χ2v) is 5.66. The Bertz CT molecular complexity index is 804. The molecule has 4 heteroatoms. The lowest BCUT2D eigenvalue weighted by atomic mass is 10.1. The van der Waals surface area contributed by atoms with Gasteiger partial charge in [0, 0.05) is 5.88 Å². The van der Waals surface area contributed by atoms with Crippen molar-refractivity contribution in [3.8, 4) is 11.5 Å². The van der Waals surface area contributed by atoms with Crippen LogP contribution in [0.4, 0.5) is 4.39 Å². The van der Waals surface area contributed by atoms with E-state index in [0.29, 0.717) is 5.75 Å². The Balaban J connectivity index is 2.00. The summed E-state index contributed by atoms with van der Waals surface area (Å²) in [4.78, 5) is 0. The molecule has 0 aliphatic carbocycles. The van der Waals surface area contributed by atoms with Gasteiger partial charge in [-0.1, -0.05) is 36.4 Å². The van der Waals surface area contributed by atoms with Crippen LogP contribution < -0.4 is 4.74 Å². The quantitative estimate of drug-likeness (QED) is 0.497. The van der Waals surface area contributed by atoms with Crippen molar-refractivity contribution >= 4 is 38.3 Å². The van der Waals surface area contributed by atoms with E-state index in [1.807, 2.05) is 36.4 Å². The molecule has 0 aromatic heterocycles. The van der Waals surface area contributed by atoms with Gasteiger partial charge in [0.1, 0.15) is 5.75 Å². The van der Waals surface area contributed by atoms with E-state index >= 15 is 0 Å². The molecule has 3 rings (SSSR count). The van der Waals surface area contributed by atoms with Crippen LogP contribution in [0.25, 0.3) is 10.8 Å². The number of alkyl halides is 1. The summed E-state index contributed by atoms with van der Waals surface area (Å²) in [6.45, 7) is 0. The first-order chi connectivity index (χ1) is 10.2. The highest BCUT2D eigenvalue weighted by molar-refractivity contribution is 9.10. The summed E-state index contributed by atoms with van der Waals surface area (Å²) in [5, 5.41) is 2.11. The van der Waals surface area contributed by atoms with Gasteiger partial charge in [-0.3, -0.25) is 0 Å². The lowest BCUT2D eigenvalue weighted by molar-refractivity contribution is 0.440. The van der Waals surface area contributed by atoms with E-state index in [1.165, 1.54) is 6.07 Å². The van der Waals surface area contributed by atoms with Gasteiger partial charge < -0.3 is 4.74 Å². The van der Waals surface area contributed by atoms with E-state index in [0.717, 1.165) is 20.8 Å². The van der Waals surface area contributed by atoms with Gasteiger partial charge in [-0.05, 0) is 50.5 Å². The average molecular weight is 366 g/mol. The van der Waals surface area contributed by atoms with Gasteiger partial charge in [-0.2, -0.15) is 0 Å². The summed E-state index contributed by atoms with van der Waals surface area (Å²) in [5.74, 6) is 0.607. The number of rotatable bonds is 3. The van der Waals surface area contributed by atoms with E-state index in [2.05, 4.69) is 15.9 Å². The first kappa shape index (κ1) is 14.4. The molecule has 0 aliphatic heterocycles. The van der Waals surface area contributed by atoms with Crippen molar-refractivity contribution in [3.63, 3.8) is 0 Å². The van der Waals surface area contributed by atoms with E-state index in [4.69, 9.17) is 16.3 Å². The predicted octanol–water partition coefficient (Wildman–Crippen LogP) is 6.27. The molecule has 0 N–H and O–H groups in total. The summed E-state index contributed by atoms with van der Waals surface area (Å²) in [5.41, 5.74) is 0.721. The SMILES string of the molecule is Fc1cc(CCl)ccc1Oc1ccc2ccccc2c1Br. The molecule has 0 fully saturated rings. The largest absolute Gasteiger partial charge is 0.453 e. The molecule has 0 spiro atoms. The molecule has 3 aromatic carbocycles. The maximum absolute atomic E-state index is 14.0. The van der Waals surface area contributed by atoms with E-state index in [1.54, 1.807) is 12.1 Å². The van der Waals surface area contributed by atoms with Crippen LogP contribution in [0.3, 0.4) is 0 Å². The van der Waals surface area contributed by atoms with Crippen LogP contribution in [-0.4, -0.2) is 0 Å². The smallest absolute Gasteiger partial charge is 0.166 e. The fourth-order valence-electron chi connectivity index (χ4n) is 2.12. The minimum Gasteiger partial charge on any atom is -0.453 e. The van der Waals surface area contributed by atoms with Gasteiger partial charge in [0.25, 0.3) is 0 Å². The van der Waals surface area contributed by atoms with Gasteiger partial charge in [-0.25, -0.2) is 4.39 Å². The highest BCUT2D eigenvalue weighted by Crippen LogP contribution is 2.36. The van der Waals surface area contributed by atoms with Gasteiger partial charge in [0.2, 0.25) is 0 Å². The molecule has 0 unspecified atom stereocenters. The van der Waals surface area contributed by atoms with Crippen molar-refractivity contribution in [3.05, 3.63) is 70.5 Å². The number of fused-ring (bicyclic) bond motifs is 1. The van der Waals surface area contributed by atoms with Crippen molar-refractivity contribution in [1.29, 1.82) is 0 Å². The molecule has 106 valence electrons. The molecule has 21 heavy (non-hydrogen) atoms. The van der Waals surface area contributed by atoms with Crippen LogP contribution in [0.2, 0.25) is 0 Å². The molecule has 0 aliphatic rings. The highest BCUT2D eigenvalue weighted by Gasteiger charge is 2.10. The third-order valence-electron chi connectivity index (χ3n) is 3.20. The minimum atomic E-state index is -0.423. The van der Waals surface area contributed by atoms with Crippen molar-refractivity contribution in [1.82, 2.24) is 0 Å². The van der Waals surface area contributed by atoms with Crippen molar-refractivity contribution in [2.75, 3.05) is 0 Å². The summed E-state index contributed by atoms with van der Waals surface area (Å²) in [7, 11) is 0. The normalized spacial score (nSPS) is 10.8. The second-order valence-electron chi connectivity index (χ2n) is 4.60. The predicted molar refractivity (Wildman–Crippen MR) is 87.7 cm³/mol. The zero-order valence-corrected chi connectivity index (χ0v) is 13.3. The summed E-state index contributed by atoms with van der Waals surface area (Å²) in [6.07, 6.45) is 0. The van der Waals surface area contributed by atoms with Crippen LogP contribution in [-0.2, 0) is 5.88 Å². The fourth-order valence-corrected chi connectivity index (χ4v) is 2.86. The molecule has 1 nitrogen and oxygen atoms in total.